The van der Waals surface area contributed by atoms with E-state index in [1.807, 2.05) is 13.8 Å². The zero-order valence-corrected chi connectivity index (χ0v) is 12.8. The number of carbonyl (C=O) groups is 1. The van der Waals surface area contributed by atoms with Crippen LogP contribution < -0.4 is 0 Å². The molecule has 0 aliphatic rings. The van der Waals surface area contributed by atoms with Crippen molar-refractivity contribution in [2.45, 2.75) is 32.9 Å². The van der Waals surface area contributed by atoms with Gasteiger partial charge in [0.1, 0.15) is 5.82 Å². The summed E-state index contributed by atoms with van der Waals surface area (Å²) in [4.78, 5) is 14.0. The topological polar surface area (TPSA) is 71.2 Å². The Kier molecular flexibility index (Phi) is 4.87. The van der Waals surface area contributed by atoms with E-state index in [2.05, 4.69) is 10.3 Å². The van der Waals surface area contributed by atoms with Crippen LogP contribution in [-0.2, 0) is 0 Å². The van der Waals surface area contributed by atoms with Crippen LogP contribution in [0.4, 0.5) is 4.39 Å². The predicted molar refractivity (Wildman–Crippen MR) is 79.2 cm³/mol. The van der Waals surface area contributed by atoms with E-state index >= 15 is 0 Å². The predicted octanol–water partition coefficient (Wildman–Crippen LogP) is 1.64. The minimum absolute atomic E-state index is 0.0712. The van der Waals surface area contributed by atoms with Crippen molar-refractivity contribution in [1.82, 2.24) is 19.9 Å². The smallest absolute Gasteiger partial charge is 0.276 e. The summed E-state index contributed by atoms with van der Waals surface area (Å²) in [6, 6.07) is 5.65. The number of carbonyl (C=O) groups excluding carboxylic acids is 1. The van der Waals surface area contributed by atoms with Crippen molar-refractivity contribution < 1.29 is 14.3 Å². The van der Waals surface area contributed by atoms with Crippen LogP contribution in [0, 0.1) is 5.82 Å². The number of aromatic nitrogens is 3. The summed E-state index contributed by atoms with van der Waals surface area (Å²) in [6.45, 7) is 5.58. The Labute approximate surface area is 128 Å². The molecule has 0 saturated heterocycles. The molecule has 0 bridgehead atoms. The quantitative estimate of drug-likeness (QED) is 0.911. The third-order valence-electron chi connectivity index (χ3n) is 3.15. The third kappa shape index (κ3) is 3.67. The number of rotatable bonds is 5. The van der Waals surface area contributed by atoms with Crippen molar-refractivity contribution in [3.63, 3.8) is 0 Å². The lowest BCUT2D eigenvalue weighted by Gasteiger charge is -2.26. The first kappa shape index (κ1) is 16.1. The Morgan fingerprint density at radius 1 is 1.32 bits per heavy atom. The van der Waals surface area contributed by atoms with E-state index in [-0.39, 0.29) is 30.0 Å². The van der Waals surface area contributed by atoms with Gasteiger partial charge >= 0.3 is 0 Å². The Morgan fingerprint density at radius 2 is 1.95 bits per heavy atom. The molecule has 0 spiro atoms. The standard InChI is InChI=1S/C15H19FN4O2/c1-10(2)19(8-11(3)21)15(22)14-9-20(18-17-14)13-6-4-12(16)5-7-13/h4-7,9-11,21H,8H2,1-3H3. The number of amides is 1. The van der Waals surface area contributed by atoms with Gasteiger partial charge in [-0.15, -0.1) is 5.10 Å². The summed E-state index contributed by atoms with van der Waals surface area (Å²) in [5, 5.41) is 17.3. The van der Waals surface area contributed by atoms with E-state index < -0.39 is 6.10 Å². The van der Waals surface area contributed by atoms with Gasteiger partial charge in [-0.2, -0.15) is 0 Å². The van der Waals surface area contributed by atoms with E-state index in [1.54, 1.807) is 19.1 Å². The van der Waals surface area contributed by atoms with E-state index in [9.17, 15) is 14.3 Å². The maximum Gasteiger partial charge on any atom is 0.276 e. The van der Waals surface area contributed by atoms with Gasteiger partial charge in [0.15, 0.2) is 5.69 Å². The van der Waals surface area contributed by atoms with Gasteiger partial charge in [-0.25, -0.2) is 9.07 Å². The Hall–Kier alpha value is -2.28. The highest BCUT2D eigenvalue weighted by Gasteiger charge is 2.23. The second-order valence-corrected chi connectivity index (χ2v) is 5.43. The molecule has 2 rings (SSSR count). The van der Waals surface area contributed by atoms with E-state index in [4.69, 9.17) is 0 Å². The summed E-state index contributed by atoms with van der Waals surface area (Å²) in [6.07, 6.45) is 0.867. The van der Waals surface area contributed by atoms with Gasteiger partial charge in [-0.1, -0.05) is 5.21 Å². The molecule has 6 nitrogen and oxygen atoms in total. The lowest BCUT2D eigenvalue weighted by atomic mass is 10.2. The SMILES string of the molecule is CC(O)CN(C(=O)c1cn(-c2ccc(F)cc2)nn1)C(C)C. The van der Waals surface area contributed by atoms with Crippen molar-refractivity contribution in [2.24, 2.45) is 0 Å². The van der Waals surface area contributed by atoms with Crippen LogP contribution in [0.1, 0.15) is 31.3 Å². The van der Waals surface area contributed by atoms with E-state index in [0.717, 1.165) is 0 Å². The number of benzene rings is 1. The number of hydrogen-bond donors (Lipinski definition) is 1. The summed E-state index contributed by atoms with van der Waals surface area (Å²) in [7, 11) is 0. The van der Waals surface area contributed by atoms with Crippen molar-refractivity contribution >= 4 is 5.91 Å². The van der Waals surface area contributed by atoms with Crippen molar-refractivity contribution in [2.75, 3.05) is 6.54 Å². The number of hydrogen-bond acceptors (Lipinski definition) is 4. The van der Waals surface area contributed by atoms with Crippen LogP contribution in [-0.4, -0.2) is 49.6 Å². The lowest BCUT2D eigenvalue weighted by Crippen LogP contribution is -2.41. The first-order chi connectivity index (χ1) is 10.4. The number of aliphatic hydroxyl groups excluding tert-OH is 1. The molecule has 1 N–H and O–H groups in total. The third-order valence-corrected chi connectivity index (χ3v) is 3.15. The number of halogens is 1. The maximum atomic E-state index is 12.9. The molecule has 0 fully saturated rings. The zero-order valence-electron chi connectivity index (χ0n) is 12.8. The molecule has 0 radical (unpaired) electrons. The molecule has 22 heavy (non-hydrogen) atoms. The van der Waals surface area contributed by atoms with Gasteiger partial charge in [0.05, 0.1) is 18.0 Å². The fourth-order valence-corrected chi connectivity index (χ4v) is 2.04. The van der Waals surface area contributed by atoms with Crippen LogP contribution in [0.15, 0.2) is 30.5 Å². The largest absolute Gasteiger partial charge is 0.392 e. The summed E-state index contributed by atoms with van der Waals surface area (Å²) in [5.41, 5.74) is 0.790. The fourth-order valence-electron chi connectivity index (χ4n) is 2.04. The van der Waals surface area contributed by atoms with Gasteiger partial charge in [0.25, 0.3) is 5.91 Å². The molecule has 1 aromatic carbocycles. The van der Waals surface area contributed by atoms with E-state index in [0.29, 0.717) is 5.69 Å². The van der Waals surface area contributed by atoms with Gasteiger partial charge in [-0.3, -0.25) is 4.79 Å². The molecule has 7 heteroatoms. The highest BCUT2D eigenvalue weighted by atomic mass is 19.1. The molecule has 0 aliphatic heterocycles. The highest BCUT2D eigenvalue weighted by molar-refractivity contribution is 5.92. The van der Waals surface area contributed by atoms with E-state index in [1.165, 1.54) is 27.9 Å². The van der Waals surface area contributed by atoms with Crippen molar-refractivity contribution in [3.8, 4) is 5.69 Å². The summed E-state index contributed by atoms with van der Waals surface area (Å²) < 4.78 is 14.3. The molecular formula is C15H19FN4O2. The zero-order chi connectivity index (χ0) is 16.3. The van der Waals surface area contributed by atoms with Crippen LogP contribution in [0.5, 0.6) is 0 Å². The lowest BCUT2D eigenvalue weighted by molar-refractivity contribution is 0.0573. The maximum absolute atomic E-state index is 12.9. The second-order valence-electron chi connectivity index (χ2n) is 5.43. The Morgan fingerprint density at radius 3 is 2.50 bits per heavy atom. The molecule has 2 aromatic rings. The minimum Gasteiger partial charge on any atom is -0.392 e. The van der Waals surface area contributed by atoms with Crippen LogP contribution in [0.2, 0.25) is 0 Å². The van der Waals surface area contributed by atoms with Gasteiger partial charge < -0.3 is 10.0 Å². The van der Waals surface area contributed by atoms with Crippen molar-refractivity contribution in [3.05, 3.63) is 42.0 Å². The second kappa shape index (κ2) is 6.65. The average molecular weight is 306 g/mol. The van der Waals surface area contributed by atoms with Gasteiger partial charge in [-0.05, 0) is 45.0 Å². The molecule has 118 valence electrons. The summed E-state index contributed by atoms with van der Waals surface area (Å²) >= 11 is 0. The fraction of sp³-hybridized carbons (Fsp3) is 0.400. The summed E-state index contributed by atoms with van der Waals surface area (Å²) in [5.74, 6) is -0.646. The Balaban J connectivity index is 2.22. The minimum atomic E-state index is -0.626. The normalized spacial score (nSPS) is 12.5. The van der Waals surface area contributed by atoms with Gasteiger partial charge in [0, 0.05) is 12.6 Å². The molecule has 1 amide bonds. The molecule has 0 saturated carbocycles. The monoisotopic (exact) mass is 306 g/mol. The molecule has 0 aliphatic carbocycles. The molecule has 1 heterocycles. The van der Waals surface area contributed by atoms with Crippen LogP contribution in [0.25, 0.3) is 5.69 Å². The Bertz CT molecular complexity index is 637. The van der Waals surface area contributed by atoms with Gasteiger partial charge in [0.2, 0.25) is 0 Å². The molecule has 1 aromatic heterocycles. The average Bonchev–Trinajstić information content (AvgIpc) is 2.94. The first-order valence-electron chi connectivity index (χ1n) is 7.06. The van der Waals surface area contributed by atoms with Crippen LogP contribution >= 0.6 is 0 Å². The number of aliphatic hydroxyl groups is 1. The first-order valence-corrected chi connectivity index (χ1v) is 7.06. The molecular weight excluding hydrogens is 287 g/mol. The molecule has 1 atom stereocenters. The van der Waals surface area contributed by atoms with Crippen LogP contribution in [0.3, 0.4) is 0 Å². The highest BCUT2D eigenvalue weighted by Crippen LogP contribution is 2.11. The number of nitrogens with zero attached hydrogens (tertiary/aromatic N) is 4. The van der Waals surface area contributed by atoms with Crippen molar-refractivity contribution in [1.29, 1.82) is 0 Å². The molecule has 1 unspecified atom stereocenters.